The summed E-state index contributed by atoms with van der Waals surface area (Å²) in [6.07, 6.45) is 0. The zero-order chi connectivity index (χ0) is 4.41. The molecule has 1 saturated heterocycles. The normalized spacial score (nSPS) is 23.5. The van der Waals surface area contributed by atoms with Crippen molar-refractivity contribution >= 4 is 43.5 Å². The van der Waals surface area contributed by atoms with Crippen LogP contribution in [0.3, 0.4) is 0 Å². The van der Waals surface area contributed by atoms with E-state index in [9.17, 15) is 0 Å². The van der Waals surface area contributed by atoms with Gasteiger partial charge in [0.1, 0.15) is 0 Å². The van der Waals surface area contributed by atoms with Crippen LogP contribution in [-0.4, -0.2) is 40.0 Å². The second kappa shape index (κ2) is 2.79. The molecule has 34 valence electrons. The van der Waals surface area contributed by atoms with Gasteiger partial charge in [-0.05, 0) is 0 Å². The molecule has 0 aromatic rings. The van der Waals surface area contributed by atoms with Crippen LogP contribution in [0.4, 0.5) is 0 Å². The molecule has 0 aromatic carbocycles. The van der Waals surface area contributed by atoms with Gasteiger partial charge in [0, 0.05) is 0 Å². The molecular formula is C3H5BiS2. The first kappa shape index (κ1) is 5.71. The summed E-state index contributed by atoms with van der Waals surface area (Å²) in [5.74, 6) is 2.84. The van der Waals surface area contributed by atoms with Gasteiger partial charge in [0.05, 0.1) is 0 Å². The Bertz CT molecular complexity index is 41.3. The van der Waals surface area contributed by atoms with E-state index in [2.05, 4.69) is 20.3 Å². The standard InChI is InChI=1S/C3H6S2.Bi/c4-3-1-5-2-3;/h3-4H,1-2H2;/q;+1/p-1. The van der Waals surface area contributed by atoms with E-state index in [0.29, 0.717) is 0 Å². The fourth-order valence-corrected chi connectivity index (χ4v) is 6.03. The van der Waals surface area contributed by atoms with Crippen molar-refractivity contribution in [1.29, 1.82) is 0 Å². The minimum absolute atomic E-state index is 1.04. The van der Waals surface area contributed by atoms with Crippen molar-refractivity contribution in [2.45, 2.75) is 5.25 Å². The zero-order valence-corrected chi connectivity index (χ0v) is 8.37. The van der Waals surface area contributed by atoms with Crippen LogP contribution in [0.15, 0.2) is 0 Å². The summed E-state index contributed by atoms with van der Waals surface area (Å²) in [7, 11) is 2.10. The van der Waals surface area contributed by atoms with Crippen molar-refractivity contribution in [2.24, 2.45) is 0 Å². The Morgan fingerprint density at radius 1 is 1.67 bits per heavy atom. The number of hydrogen-bond donors (Lipinski definition) is 0. The van der Waals surface area contributed by atoms with E-state index in [1.54, 1.807) is 0 Å². The molecule has 2 radical (unpaired) electrons. The molecule has 0 N–H and O–H groups in total. The Kier molecular flexibility index (Phi) is 2.65. The van der Waals surface area contributed by atoms with Gasteiger partial charge in [-0.15, -0.1) is 0 Å². The Morgan fingerprint density at radius 3 is 2.33 bits per heavy atom. The molecule has 0 saturated carbocycles. The van der Waals surface area contributed by atoms with Crippen LogP contribution >= 0.6 is 20.3 Å². The number of hydrogen-bond acceptors (Lipinski definition) is 2. The first-order valence-corrected chi connectivity index (χ1v) is 8.06. The average molecular weight is 314 g/mol. The van der Waals surface area contributed by atoms with Crippen LogP contribution in [0, 0.1) is 0 Å². The Balaban J connectivity index is 2.01. The van der Waals surface area contributed by atoms with Gasteiger partial charge in [0.25, 0.3) is 0 Å². The quantitative estimate of drug-likeness (QED) is 0.660. The average Bonchev–Trinajstić information content (AvgIpc) is 1.31. The van der Waals surface area contributed by atoms with E-state index in [4.69, 9.17) is 0 Å². The molecule has 1 rings (SSSR count). The molecule has 0 atom stereocenters. The predicted octanol–water partition coefficient (Wildman–Crippen LogP) is 0.918. The molecular weight excluding hydrogens is 309 g/mol. The van der Waals surface area contributed by atoms with Gasteiger partial charge in [0.15, 0.2) is 0 Å². The SMILES string of the molecule is [Bi][S]C1CSC1. The van der Waals surface area contributed by atoms with Crippen LogP contribution in [0.1, 0.15) is 0 Å². The third-order valence-electron chi connectivity index (χ3n) is 0.757. The fraction of sp³-hybridized carbons (Fsp3) is 1.00. The van der Waals surface area contributed by atoms with Crippen LogP contribution in [-0.2, 0) is 0 Å². The van der Waals surface area contributed by atoms with Crippen LogP contribution in [0.5, 0.6) is 0 Å². The van der Waals surface area contributed by atoms with Gasteiger partial charge >= 0.3 is 60.3 Å². The summed E-state index contributed by atoms with van der Waals surface area (Å²) in [6.45, 7) is 0. The maximum absolute atomic E-state index is 2.10. The molecule has 1 fully saturated rings. The molecule has 1 aliphatic heterocycles. The van der Waals surface area contributed by atoms with Crippen LogP contribution in [0.2, 0.25) is 0 Å². The monoisotopic (exact) mass is 314 g/mol. The summed E-state index contributed by atoms with van der Waals surface area (Å²) in [4.78, 5) is 0. The Labute approximate surface area is 59.9 Å². The molecule has 0 nitrogen and oxygen atoms in total. The number of thioether (sulfide) groups is 1. The van der Waals surface area contributed by atoms with Crippen molar-refractivity contribution in [3.8, 4) is 0 Å². The van der Waals surface area contributed by atoms with E-state index < -0.39 is 0 Å². The predicted molar refractivity (Wildman–Crippen MR) is 34.5 cm³/mol. The van der Waals surface area contributed by atoms with Crippen molar-refractivity contribution in [1.82, 2.24) is 0 Å². The molecule has 3 heteroatoms. The molecule has 0 bridgehead atoms. The van der Waals surface area contributed by atoms with E-state index in [1.807, 2.05) is 0 Å². The van der Waals surface area contributed by atoms with Crippen molar-refractivity contribution in [3.63, 3.8) is 0 Å². The first-order chi connectivity index (χ1) is 2.93. The van der Waals surface area contributed by atoms with Crippen LogP contribution < -0.4 is 0 Å². The maximum atomic E-state index is 2.10. The van der Waals surface area contributed by atoms with E-state index >= 15 is 0 Å². The van der Waals surface area contributed by atoms with Crippen molar-refractivity contribution < 1.29 is 0 Å². The molecule has 0 spiro atoms. The first-order valence-electron chi connectivity index (χ1n) is 1.81. The molecule has 1 aliphatic rings. The second-order valence-electron chi connectivity index (χ2n) is 1.26. The topological polar surface area (TPSA) is 0 Å². The minimum atomic E-state index is 1.04. The van der Waals surface area contributed by atoms with Gasteiger partial charge in [-0.25, -0.2) is 0 Å². The van der Waals surface area contributed by atoms with Crippen molar-refractivity contribution in [3.05, 3.63) is 0 Å². The summed E-state index contributed by atoms with van der Waals surface area (Å²) in [5.41, 5.74) is 0. The molecule has 0 aliphatic carbocycles. The summed E-state index contributed by atoms with van der Waals surface area (Å²) < 4.78 is 0. The summed E-state index contributed by atoms with van der Waals surface area (Å²) in [6, 6.07) is 0. The van der Waals surface area contributed by atoms with Gasteiger partial charge in [-0.1, -0.05) is 0 Å². The van der Waals surface area contributed by atoms with E-state index in [0.717, 1.165) is 5.25 Å². The van der Waals surface area contributed by atoms with Crippen molar-refractivity contribution in [2.75, 3.05) is 11.5 Å². The fourth-order valence-electron chi connectivity index (χ4n) is 0.275. The summed E-state index contributed by atoms with van der Waals surface area (Å²) in [5, 5.41) is 1.04. The molecule has 0 amide bonds. The second-order valence-corrected chi connectivity index (χ2v) is 5.68. The zero-order valence-electron chi connectivity index (χ0n) is 3.26. The molecule has 6 heavy (non-hydrogen) atoms. The third kappa shape index (κ3) is 1.28. The van der Waals surface area contributed by atoms with E-state index in [1.165, 1.54) is 34.8 Å². The van der Waals surface area contributed by atoms with Crippen LogP contribution in [0.25, 0.3) is 0 Å². The van der Waals surface area contributed by atoms with Gasteiger partial charge in [0.2, 0.25) is 0 Å². The Morgan fingerprint density at radius 2 is 2.33 bits per heavy atom. The molecule has 0 unspecified atom stereocenters. The third-order valence-corrected chi connectivity index (χ3v) is 6.56. The van der Waals surface area contributed by atoms with Gasteiger partial charge < -0.3 is 0 Å². The van der Waals surface area contributed by atoms with E-state index in [-0.39, 0.29) is 0 Å². The van der Waals surface area contributed by atoms with Gasteiger partial charge in [-0.3, -0.25) is 0 Å². The summed E-state index contributed by atoms with van der Waals surface area (Å²) >= 11 is 3.57. The molecule has 0 aromatic heterocycles. The Hall–Kier alpha value is 1.58. The molecule has 1 heterocycles. The number of rotatable bonds is 1. The van der Waals surface area contributed by atoms with Gasteiger partial charge in [-0.2, -0.15) is 0 Å².